The number of hydrogen-bond acceptors (Lipinski definition) is 4. The van der Waals surface area contributed by atoms with Gasteiger partial charge < -0.3 is 19.9 Å². The first-order valence-electron chi connectivity index (χ1n) is 12.0. The van der Waals surface area contributed by atoms with Gasteiger partial charge in [-0.1, -0.05) is 35.9 Å². The second-order valence-corrected chi connectivity index (χ2v) is 9.58. The molecule has 0 aromatic heterocycles. The molecule has 0 radical (unpaired) electrons. The molecule has 35 heavy (non-hydrogen) atoms. The van der Waals surface area contributed by atoms with Crippen LogP contribution >= 0.6 is 0 Å². The number of ether oxygens (including phenoxy) is 1. The first kappa shape index (κ1) is 24.7. The van der Waals surface area contributed by atoms with Crippen LogP contribution in [0, 0.1) is 12.7 Å². The molecule has 0 aliphatic carbocycles. The van der Waals surface area contributed by atoms with Gasteiger partial charge in [-0.05, 0) is 43.4 Å². The quantitative estimate of drug-likeness (QED) is 0.629. The molecule has 186 valence electrons. The summed E-state index contributed by atoms with van der Waals surface area (Å²) in [7, 11) is 1.48. The van der Waals surface area contributed by atoms with Crippen molar-refractivity contribution >= 4 is 17.7 Å². The minimum absolute atomic E-state index is 0.0527. The molecule has 3 amide bonds. The fraction of sp³-hybridized carbons (Fsp3) is 0.444. The van der Waals surface area contributed by atoms with Crippen molar-refractivity contribution in [1.82, 2.24) is 15.1 Å². The molecule has 2 aliphatic rings. The van der Waals surface area contributed by atoms with Gasteiger partial charge >= 0.3 is 0 Å². The molecule has 8 heteroatoms. The lowest BCUT2D eigenvalue weighted by Crippen LogP contribution is -2.52. The third kappa shape index (κ3) is 5.99. The number of amides is 3. The van der Waals surface area contributed by atoms with E-state index in [0.717, 1.165) is 11.1 Å². The molecule has 2 fully saturated rings. The van der Waals surface area contributed by atoms with Crippen LogP contribution in [0.2, 0.25) is 0 Å². The largest absolute Gasteiger partial charge is 0.497 e. The number of piperazine rings is 1. The van der Waals surface area contributed by atoms with Crippen LogP contribution in [0.15, 0.2) is 42.5 Å². The Morgan fingerprint density at radius 2 is 2.00 bits per heavy atom. The van der Waals surface area contributed by atoms with Crippen LogP contribution in [-0.4, -0.2) is 59.8 Å². The van der Waals surface area contributed by atoms with Crippen molar-refractivity contribution in [1.29, 1.82) is 0 Å². The second kappa shape index (κ2) is 10.5. The Hall–Kier alpha value is -3.42. The first-order chi connectivity index (χ1) is 16.8. The number of aryl methyl sites for hydroxylation is 1. The maximum Gasteiger partial charge on any atom is 0.242 e. The van der Waals surface area contributed by atoms with Gasteiger partial charge in [0.25, 0.3) is 0 Å². The maximum atomic E-state index is 14.6. The number of methoxy groups -OCH3 is 1. The van der Waals surface area contributed by atoms with Crippen LogP contribution in [0.25, 0.3) is 0 Å². The predicted molar refractivity (Wildman–Crippen MR) is 129 cm³/mol. The van der Waals surface area contributed by atoms with Gasteiger partial charge in [0.15, 0.2) is 0 Å². The number of halogens is 1. The zero-order valence-corrected chi connectivity index (χ0v) is 20.3. The third-order valence-corrected chi connectivity index (χ3v) is 6.97. The van der Waals surface area contributed by atoms with Crippen LogP contribution in [0.5, 0.6) is 5.75 Å². The van der Waals surface area contributed by atoms with E-state index in [-0.39, 0.29) is 30.7 Å². The van der Waals surface area contributed by atoms with Gasteiger partial charge in [-0.3, -0.25) is 14.4 Å². The first-order valence-corrected chi connectivity index (χ1v) is 12.0. The number of rotatable bonds is 8. The van der Waals surface area contributed by atoms with Crippen molar-refractivity contribution in [3.8, 4) is 5.75 Å². The molecule has 1 atom stereocenters. The van der Waals surface area contributed by atoms with E-state index in [2.05, 4.69) is 11.4 Å². The Kier molecular flexibility index (Phi) is 7.38. The van der Waals surface area contributed by atoms with Crippen molar-refractivity contribution in [2.24, 2.45) is 0 Å². The molecule has 0 saturated carbocycles. The monoisotopic (exact) mass is 481 g/mol. The van der Waals surface area contributed by atoms with Crippen LogP contribution in [0.1, 0.15) is 42.4 Å². The molecular weight excluding hydrogens is 449 g/mol. The smallest absolute Gasteiger partial charge is 0.242 e. The molecule has 1 N–H and O–H groups in total. The second-order valence-electron chi connectivity index (χ2n) is 9.58. The standard InChI is InChI=1S/C27H32FN3O4/c1-19-4-3-5-20(14-19)17-30-12-13-31(18-26(30)34)25(33)9-11-27(10-8-24(32)29-27)16-21-6-7-22(35-2)15-23(21)28/h3-7,14-15H,8-13,16-18H2,1-2H3,(H,29,32)/t27-/m1/s1. The third-order valence-electron chi connectivity index (χ3n) is 6.97. The van der Waals surface area contributed by atoms with E-state index in [1.165, 1.54) is 13.2 Å². The summed E-state index contributed by atoms with van der Waals surface area (Å²) in [6.07, 6.45) is 1.75. The summed E-state index contributed by atoms with van der Waals surface area (Å²) < 4.78 is 19.7. The molecule has 2 heterocycles. The molecule has 0 spiro atoms. The summed E-state index contributed by atoms with van der Waals surface area (Å²) in [5.74, 6) is -0.255. The van der Waals surface area contributed by atoms with Gasteiger partial charge in [0.05, 0.1) is 13.7 Å². The average Bonchev–Trinajstić information content (AvgIpc) is 3.20. The lowest BCUT2D eigenvalue weighted by Gasteiger charge is -2.35. The van der Waals surface area contributed by atoms with E-state index in [0.29, 0.717) is 56.6 Å². The molecule has 0 unspecified atom stereocenters. The van der Waals surface area contributed by atoms with Gasteiger partial charge in [-0.25, -0.2) is 4.39 Å². The molecule has 7 nitrogen and oxygen atoms in total. The Morgan fingerprint density at radius 3 is 2.66 bits per heavy atom. The predicted octanol–water partition coefficient (Wildman–Crippen LogP) is 2.99. The lowest BCUT2D eigenvalue weighted by atomic mass is 9.84. The van der Waals surface area contributed by atoms with Gasteiger partial charge in [0, 0.05) is 44.1 Å². The van der Waals surface area contributed by atoms with Crippen LogP contribution in [0.4, 0.5) is 4.39 Å². The van der Waals surface area contributed by atoms with E-state index < -0.39 is 11.4 Å². The summed E-state index contributed by atoms with van der Waals surface area (Å²) in [5, 5.41) is 2.99. The van der Waals surface area contributed by atoms with E-state index in [1.807, 2.05) is 25.1 Å². The highest BCUT2D eigenvalue weighted by atomic mass is 19.1. The molecule has 0 bridgehead atoms. The fourth-order valence-corrected chi connectivity index (χ4v) is 4.97. The van der Waals surface area contributed by atoms with Crippen molar-refractivity contribution in [2.45, 2.75) is 51.1 Å². The Labute approximate surface area is 205 Å². The van der Waals surface area contributed by atoms with Crippen molar-refractivity contribution < 1.29 is 23.5 Å². The number of nitrogens with one attached hydrogen (secondary N) is 1. The zero-order valence-electron chi connectivity index (χ0n) is 20.3. The minimum Gasteiger partial charge on any atom is -0.497 e. The number of carbonyl (C=O) groups is 3. The van der Waals surface area contributed by atoms with E-state index in [1.54, 1.807) is 21.9 Å². The van der Waals surface area contributed by atoms with Gasteiger partial charge in [-0.15, -0.1) is 0 Å². The van der Waals surface area contributed by atoms with Crippen LogP contribution < -0.4 is 10.1 Å². The van der Waals surface area contributed by atoms with Crippen molar-refractivity contribution in [2.75, 3.05) is 26.7 Å². The topological polar surface area (TPSA) is 79.0 Å². The molecule has 2 saturated heterocycles. The number of carbonyl (C=O) groups excluding carboxylic acids is 3. The summed E-state index contributed by atoms with van der Waals surface area (Å²) in [4.78, 5) is 41.1. The molecule has 2 aliphatic heterocycles. The summed E-state index contributed by atoms with van der Waals surface area (Å²) >= 11 is 0. The number of nitrogens with zero attached hydrogens (tertiary/aromatic N) is 2. The number of benzene rings is 2. The molecule has 4 rings (SSSR count). The van der Waals surface area contributed by atoms with E-state index in [9.17, 15) is 18.8 Å². The average molecular weight is 482 g/mol. The molecular formula is C27H32FN3O4. The number of hydrogen-bond donors (Lipinski definition) is 1. The zero-order chi connectivity index (χ0) is 25.0. The van der Waals surface area contributed by atoms with Crippen molar-refractivity contribution in [3.05, 3.63) is 65.0 Å². The SMILES string of the molecule is COc1ccc(C[C@]2(CCC(=O)N3CCN(Cc4cccc(C)c4)C(=O)C3)CCC(=O)N2)c(F)c1. The lowest BCUT2D eigenvalue weighted by molar-refractivity contribution is -0.145. The summed E-state index contributed by atoms with van der Waals surface area (Å²) in [5.41, 5.74) is 2.01. The highest BCUT2D eigenvalue weighted by Crippen LogP contribution is 2.31. The maximum absolute atomic E-state index is 14.6. The van der Waals surface area contributed by atoms with Gasteiger partial charge in [-0.2, -0.15) is 0 Å². The highest BCUT2D eigenvalue weighted by molar-refractivity contribution is 5.86. The van der Waals surface area contributed by atoms with Gasteiger partial charge in [0.2, 0.25) is 17.7 Å². The van der Waals surface area contributed by atoms with Crippen molar-refractivity contribution in [3.63, 3.8) is 0 Å². The highest BCUT2D eigenvalue weighted by Gasteiger charge is 2.39. The summed E-state index contributed by atoms with van der Waals surface area (Å²) in [6.45, 7) is 3.56. The minimum atomic E-state index is -0.681. The van der Waals surface area contributed by atoms with E-state index >= 15 is 0 Å². The van der Waals surface area contributed by atoms with Crippen LogP contribution in [-0.2, 0) is 27.3 Å². The Morgan fingerprint density at radius 1 is 1.17 bits per heavy atom. The van der Waals surface area contributed by atoms with Gasteiger partial charge in [0.1, 0.15) is 11.6 Å². The molecule has 2 aromatic rings. The van der Waals surface area contributed by atoms with E-state index in [4.69, 9.17) is 4.74 Å². The molecule has 2 aromatic carbocycles. The Bertz CT molecular complexity index is 1120. The normalized spacial score (nSPS) is 20.2. The van der Waals surface area contributed by atoms with Crippen LogP contribution in [0.3, 0.4) is 0 Å². The fourth-order valence-electron chi connectivity index (χ4n) is 4.97. The Balaban J connectivity index is 1.35. The summed E-state index contributed by atoms with van der Waals surface area (Å²) in [6, 6.07) is 12.7.